The lowest BCUT2D eigenvalue weighted by Crippen LogP contribution is -2.37. The van der Waals surface area contributed by atoms with E-state index in [1.807, 2.05) is 30.0 Å². The molecule has 156 valence electrons. The second kappa shape index (κ2) is 10.1. The number of rotatable bonds is 8. The monoisotopic (exact) mass is 393 g/mol. The van der Waals surface area contributed by atoms with Crippen LogP contribution in [-0.4, -0.2) is 29.6 Å². The Kier molecular flexibility index (Phi) is 7.49. The number of carbonyl (C=O) groups excluding carboxylic acids is 1. The molecule has 1 fully saturated rings. The summed E-state index contributed by atoms with van der Waals surface area (Å²) >= 11 is 0. The van der Waals surface area contributed by atoms with E-state index >= 15 is 0 Å². The maximum Gasteiger partial charge on any atom is 0.222 e. The number of ether oxygens (including phenoxy) is 1. The van der Waals surface area contributed by atoms with E-state index in [0.717, 1.165) is 32.4 Å². The molecule has 0 aliphatic carbocycles. The zero-order chi connectivity index (χ0) is 20.7. The first kappa shape index (κ1) is 21.6. The van der Waals surface area contributed by atoms with Crippen LogP contribution in [0.15, 0.2) is 60.7 Å². The number of hydrogen-bond acceptors (Lipinski definition) is 2. The topological polar surface area (TPSA) is 29.5 Å². The van der Waals surface area contributed by atoms with Crippen LogP contribution < -0.4 is 0 Å². The first-order valence-electron chi connectivity index (χ1n) is 11.0. The molecule has 29 heavy (non-hydrogen) atoms. The molecule has 1 aliphatic rings. The Bertz CT molecular complexity index is 757. The summed E-state index contributed by atoms with van der Waals surface area (Å²) in [4.78, 5) is 14.7. The Morgan fingerprint density at radius 1 is 1.10 bits per heavy atom. The SMILES string of the molecule is CCC(=O)N(CC[C@H](c1ccccc1)[C@H]1CCOC(C)(C)C1)Cc1ccccc1. The van der Waals surface area contributed by atoms with Gasteiger partial charge < -0.3 is 9.64 Å². The first-order chi connectivity index (χ1) is 14.0. The van der Waals surface area contributed by atoms with E-state index in [4.69, 9.17) is 4.74 Å². The van der Waals surface area contributed by atoms with Crippen molar-refractivity contribution in [3.8, 4) is 0 Å². The van der Waals surface area contributed by atoms with Crippen LogP contribution in [0.1, 0.15) is 63.5 Å². The molecule has 3 rings (SSSR count). The van der Waals surface area contributed by atoms with E-state index in [-0.39, 0.29) is 11.5 Å². The number of benzene rings is 2. The third kappa shape index (κ3) is 6.17. The second-order valence-electron chi connectivity index (χ2n) is 8.82. The maximum atomic E-state index is 12.7. The highest BCUT2D eigenvalue weighted by Gasteiger charge is 2.34. The van der Waals surface area contributed by atoms with Crippen molar-refractivity contribution in [3.63, 3.8) is 0 Å². The van der Waals surface area contributed by atoms with Crippen LogP contribution in [-0.2, 0) is 16.1 Å². The lowest BCUT2D eigenvalue weighted by atomic mass is 9.75. The molecule has 1 aliphatic heterocycles. The summed E-state index contributed by atoms with van der Waals surface area (Å²) in [6.07, 6.45) is 3.69. The summed E-state index contributed by atoms with van der Waals surface area (Å²) in [5.74, 6) is 1.26. The number of carbonyl (C=O) groups is 1. The number of nitrogens with zero attached hydrogens (tertiary/aromatic N) is 1. The van der Waals surface area contributed by atoms with E-state index in [1.165, 1.54) is 11.1 Å². The number of amides is 1. The fourth-order valence-corrected chi connectivity index (χ4v) is 4.61. The van der Waals surface area contributed by atoms with Crippen molar-refractivity contribution in [2.75, 3.05) is 13.2 Å². The zero-order valence-corrected chi connectivity index (χ0v) is 18.1. The molecule has 2 aromatic rings. The van der Waals surface area contributed by atoms with Crippen LogP contribution in [0, 0.1) is 5.92 Å². The molecule has 1 heterocycles. The Labute approximate surface area is 176 Å². The van der Waals surface area contributed by atoms with Crippen molar-refractivity contribution >= 4 is 5.91 Å². The molecule has 3 heteroatoms. The fraction of sp³-hybridized carbons (Fsp3) is 0.500. The zero-order valence-electron chi connectivity index (χ0n) is 18.1. The highest BCUT2D eigenvalue weighted by Crippen LogP contribution is 2.40. The van der Waals surface area contributed by atoms with Gasteiger partial charge in [0.15, 0.2) is 0 Å². The Hall–Kier alpha value is -2.13. The molecule has 0 saturated carbocycles. The van der Waals surface area contributed by atoms with E-state index in [2.05, 4.69) is 56.3 Å². The van der Waals surface area contributed by atoms with Gasteiger partial charge in [-0.05, 0) is 56.1 Å². The van der Waals surface area contributed by atoms with Crippen LogP contribution in [0.5, 0.6) is 0 Å². The molecule has 1 amide bonds. The molecule has 0 radical (unpaired) electrons. The summed E-state index contributed by atoms with van der Waals surface area (Å²) in [6.45, 7) is 8.65. The van der Waals surface area contributed by atoms with Gasteiger partial charge in [-0.25, -0.2) is 0 Å². The Morgan fingerprint density at radius 3 is 2.38 bits per heavy atom. The molecular weight excluding hydrogens is 358 g/mol. The van der Waals surface area contributed by atoms with Crippen molar-refractivity contribution in [1.29, 1.82) is 0 Å². The lowest BCUT2D eigenvalue weighted by Gasteiger charge is -2.40. The minimum absolute atomic E-state index is 0.0705. The molecule has 2 atom stereocenters. The van der Waals surface area contributed by atoms with Gasteiger partial charge in [-0.3, -0.25) is 4.79 Å². The average molecular weight is 394 g/mol. The lowest BCUT2D eigenvalue weighted by molar-refractivity contribution is -0.131. The van der Waals surface area contributed by atoms with Crippen molar-refractivity contribution < 1.29 is 9.53 Å². The van der Waals surface area contributed by atoms with Gasteiger partial charge >= 0.3 is 0 Å². The van der Waals surface area contributed by atoms with Crippen molar-refractivity contribution in [2.45, 2.75) is 64.5 Å². The third-order valence-electron chi connectivity index (χ3n) is 6.11. The Morgan fingerprint density at radius 2 is 1.76 bits per heavy atom. The molecule has 2 aromatic carbocycles. The van der Waals surface area contributed by atoms with Crippen molar-refractivity contribution in [3.05, 3.63) is 71.8 Å². The normalized spacial score (nSPS) is 19.5. The summed E-state index contributed by atoms with van der Waals surface area (Å²) in [7, 11) is 0. The van der Waals surface area contributed by atoms with Gasteiger partial charge in [0.2, 0.25) is 5.91 Å². The summed E-state index contributed by atoms with van der Waals surface area (Å²) in [5.41, 5.74) is 2.51. The van der Waals surface area contributed by atoms with Crippen LogP contribution >= 0.6 is 0 Å². The average Bonchev–Trinajstić information content (AvgIpc) is 2.73. The highest BCUT2D eigenvalue weighted by molar-refractivity contribution is 5.75. The van der Waals surface area contributed by atoms with Crippen LogP contribution in [0.3, 0.4) is 0 Å². The summed E-state index contributed by atoms with van der Waals surface area (Å²) in [5, 5.41) is 0. The smallest absolute Gasteiger partial charge is 0.222 e. The van der Waals surface area contributed by atoms with E-state index in [1.54, 1.807) is 0 Å². The van der Waals surface area contributed by atoms with Crippen molar-refractivity contribution in [1.82, 2.24) is 4.90 Å². The fourth-order valence-electron chi connectivity index (χ4n) is 4.61. The molecule has 0 unspecified atom stereocenters. The van der Waals surface area contributed by atoms with Gasteiger partial charge in [-0.2, -0.15) is 0 Å². The van der Waals surface area contributed by atoms with Gasteiger partial charge in [0.1, 0.15) is 0 Å². The quantitative estimate of drug-likeness (QED) is 0.567. The molecule has 0 bridgehead atoms. The second-order valence-corrected chi connectivity index (χ2v) is 8.82. The van der Waals surface area contributed by atoms with Gasteiger partial charge in [0.05, 0.1) is 5.60 Å². The molecule has 0 aromatic heterocycles. The molecule has 1 saturated heterocycles. The highest BCUT2D eigenvalue weighted by atomic mass is 16.5. The molecule has 0 spiro atoms. The largest absolute Gasteiger partial charge is 0.376 e. The van der Waals surface area contributed by atoms with Crippen LogP contribution in [0.4, 0.5) is 0 Å². The predicted octanol–water partition coefficient (Wildman–Crippen LogP) is 5.80. The van der Waals surface area contributed by atoms with Gasteiger partial charge in [-0.1, -0.05) is 67.6 Å². The predicted molar refractivity (Wildman–Crippen MR) is 119 cm³/mol. The van der Waals surface area contributed by atoms with Gasteiger partial charge in [0.25, 0.3) is 0 Å². The minimum atomic E-state index is -0.0705. The molecule has 0 N–H and O–H groups in total. The van der Waals surface area contributed by atoms with Crippen molar-refractivity contribution in [2.24, 2.45) is 5.92 Å². The van der Waals surface area contributed by atoms with E-state index < -0.39 is 0 Å². The minimum Gasteiger partial charge on any atom is -0.376 e. The van der Waals surface area contributed by atoms with Gasteiger partial charge in [-0.15, -0.1) is 0 Å². The first-order valence-corrected chi connectivity index (χ1v) is 11.0. The standard InChI is InChI=1S/C26H35NO2/c1-4-25(28)27(20-21-11-7-5-8-12-21)17-15-24(22-13-9-6-10-14-22)23-16-18-29-26(2,3)19-23/h5-14,23-24H,4,15-20H2,1-3H3/t23-,24+/m0/s1. The summed E-state index contributed by atoms with van der Waals surface area (Å²) < 4.78 is 5.98. The van der Waals surface area contributed by atoms with Gasteiger partial charge in [0, 0.05) is 26.1 Å². The number of hydrogen-bond donors (Lipinski definition) is 0. The third-order valence-corrected chi connectivity index (χ3v) is 6.11. The van der Waals surface area contributed by atoms with Crippen LogP contribution in [0.25, 0.3) is 0 Å². The molecular formula is C26H35NO2. The molecule has 3 nitrogen and oxygen atoms in total. The van der Waals surface area contributed by atoms with E-state index in [9.17, 15) is 4.79 Å². The summed E-state index contributed by atoms with van der Waals surface area (Å²) in [6, 6.07) is 21.1. The maximum absolute atomic E-state index is 12.7. The Balaban J connectivity index is 1.76. The van der Waals surface area contributed by atoms with E-state index in [0.29, 0.717) is 24.8 Å². The van der Waals surface area contributed by atoms with Crippen LogP contribution in [0.2, 0.25) is 0 Å².